The van der Waals surface area contributed by atoms with E-state index in [4.69, 9.17) is 15.6 Å². The van der Waals surface area contributed by atoms with Gasteiger partial charge in [-0.2, -0.15) is 13.2 Å². The van der Waals surface area contributed by atoms with Crippen molar-refractivity contribution in [3.05, 3.63) is 70.9 Å². The molecule has 4 rings (SSSR count). The van der Waals surface area contributed by atoms with Gasteiger partial charge in [0, 0.05) is 36.7 Å². The highest BCUT2D eigenvalue weighted by Crippen LogP contribution is 2.30. The lowest BCUT2D eigenvalue weighted by atomic mass is 9.88. The van der Waals surface area contributed by atoms with Crippen molar-refractivity contribution in [1.29, 1.82) is 0 Å². The fraction of sp³-hybridized carbons (Fsp3) is 0.333. The van der Waals surface area contributed by atoms with Gasteiger partial charge < -0.3 is 20.7 Å². The molecule has 0 saturated carbocycles. The van der Waals surface area contributed by atoms with Crippen LogP contribution in [0.5, 0.6) is 0 Å². The summed E-state index contributed by atoms with van der Waals surface area (Å²) in [6.45, 7) is 4.23. The van der Waals surface area contributed by atoms with Crippen molar-refractivity contribution >= 4 is 22.8 Å². The topological polar surface area (TPSA) is 99.4 Å². The second kappa shape index (κ2) is 10.1. The predicted octanol–water partition coefficient (Wildman–Crippen LogP) is 4.59. The zero-order valence-electron chi connectivity index (χ0n) is 18.2. The minimum atomic E-state index is -5.08. The van der Waals surface area contributed by atoms with Gasteiger partial charge in [0.2, 0.25) is 0 Å². The summed E-state index contributed by atoms with van der Waals surface area (Å²) in [5.74, 6) is -2.11. The lowest BCUT2D eigenvalue weighted by Crippen LogP contribution is -2.37. The first kappa shape index (κ1) is 24.3. The summed E-state index contributed by atoms with van der Waals surface area (Å²) in [6.07, 6.45) is -1.23. The predicted molar refractivity (Wildman–Crippen MR) is 119 cm³/mol. The summed E-state index contributed by atoms with van der Waals surface area (Å²) < 4.78 is 31.7. The van der Waals surface area contributed by atoms with Crippen LogP contribution in [-0.2, 0) is 11.3 Å². The number of alkyl halides is 3. The highest BCUT2D eigenvalue weighted by molar-refractivity contribution is 6.06. The van der Waals surface area contributed by atoms with Crippen LogP contribution < -0.4 is 5.73 Å². The Bertz CT molecular complexity index is 1130. The number of carboxylic acids is 1. The summed E-state index contributed by atoms with van der Waals surface area (Å²) in [5, 5.41) is 8.15. The number of fused-ring (bicyclic) bond motifs is 1. The van der Waals surface area contributed by atoms with E-state index in [1.165, 1.54) is 16.7 Å². The van der Waals surface area contributed by atoms with E-state index >= 15 is 0 Å². The Balaban J connectivity index is 0.000000383. The number of amides is 1. The molecule has 1 aromatic heterocycles. The summed E-state index contributed by atoms with van der Waals surface area (Å²) in [6, 6.07) is 14.7. The van der Waals surface area contributed by atoms with Gasteiger partial charge in [-0.3, -0.25) is 4.79 Å². The molecule has 0 spiro atoms. The van der Waals surface area contributed by atoms with Gasteiger partial charge in [-0.15, -0.1) is 0 Å². The van der Waals surface area contributed by atoms with Crippen LogP contribution in [0.15, 0.2) is 48.7 Å². The van der Waals surface area contributed by atoms with Crippen LogP contribution in [0, 0.1) is 6.92 Å². The van der Waals surface area contributed by atoms with E-state index in [-0.39, 0.29) is 5.91 Å². The molecule has 0 bridgehead atoms. The number of aromatic amines is 1. The third-order valence-electron chi connectivity index (χ3n) is 5.75. The zero-order chi connectivity index (χ0) is 24.2. The van der Waals surface area contributed by atoms with Gasteiger partial charge in [0.25, 0.3) is 5.91 Å². The Kier molecular flexibility index (Phi) is 7.43. The number of aryl methyl sites for hydroxylation is 1. The molecule has 0 radical (unpaired) electrons. The molecule has 0 aliphatic carbocycles. The van der Waals surface area contributed by atoms with Crippen molar-refractivity contribution < 1.29 is 27.9 Å². The molecular formula is C24H26F3N3O3. The number of benzene rings is 2. The van der Waals surface area contributed by atoms with E-state index in [1.807, 2.05) is 17.2 Å². The fourth-order valence-electron chi connectivity index (χ4n) is 3.97. The third kappa shape index (κ3) is 5.92. The molecule has 9 heteroatoms. The summed E-state index contributed by atoms with van der Waals surface area (Å²) in [4.78, 5) is 27.1. The Morgan fingerprint density at radius 3 is 2.42 bits per heavy atom. The van der Waals surface area contributed by atoms with E-state index in [9.17, 15) is 18.0 Å². The van der Waals surface area contributed by atoms with Crippen molar-refractivity contribution in [3.8, 4) is 0 Å². The maximum atomic E-state index is 13.0. The number of aromatic nitrogens is 1. The molecule has 3 aromatic rings. The van der Waals surface area contributed by atoms with E-state index in [1.54, 1.807) is 0 Å². The molecule has 1 amide bonds. The number of carbonyl (C=O) groups excluding carboxylic acids is 1. The van der Waals surface area contributed by atoms with Crippen molar-refractivity contribution in [3.63, 3.8) is 0 Å². The first-order valence-corrected chi connectivity index (χ1v) is 10.6. The molecule has 2 aromatic carbocycles. The van der Waals surface area contributed by atoms with Crippen LogP contribution >= 0.6 is 0 Å². The molecule has 2 heterocycles. The van der Waals surface area contributed by atoms with Crippen molar-refractivity contribution in [2.24, 2.45) is 5.73 Å². The van der Waals surface area contributed by atoms with E-state index in [0.717, 1.165) is 42.4 Å². The van der Waals surface area contributed by atoms with E-state index in [0.29, 0.717) is 12.5 Å². The molecule has 1 aliphatic rings. The van der Waals surface area contributed by atoms with Crippen molar-refractivity contribution in [1.82, 2.24) is 9.88 Å². The maximum Gasteiger partial charge on any atom is 0.490 e. The maximum absolute atomic E-state index is 13.0. The first-order chi connectivity index (χ1) is 15.6. The van der Waals surface area contributed by atoms with Crippen LogP contribution in [0.3, 0.4) is 0 Å². The SMILES string of the molecule is Cc1ccc2[nH]cc(C(=O)N3CCC(c4cccc(CN)c4)CC3)c2c1.O=C(O)C(F)(F)F. The number of nitrogens with one attached hydrogen (secondary N) is 1. The lowest BCUT2D eigenvalue weighted by Gasteiger charge is -2.32. The number of carboxylic acid groups (broad SMARTS) is 1. The second-order valence-electron chi connectivity index (χ2n) is 8.07. The van der Waals surface area contributed by atoms with Crippen LogP contribution in [0.1, 0.15) is 45.8 Å². The molecule has 0 atom stereocenters. The number of likely N-dealkylation sites (tertiary alicyclic amines) is 1. The minimum Gasteiger partial charge on any atom is -0.475 e. The number of rotatable bonds is 3. The summed E-state index contributed by atoms with van der Waals surface area (Å²) >= 11 is 0. The van der Waals surface area contributed by atoms with Gasteiger partial charge >= 0.3 is 12.1 Å². The number of nitrogens with zero attached hydrogens (tertiary/aromatic N) is 1. The zero-order valence-corrected chi connectivity index (χ0v) is 18.2. The second-order valence-corrected chi connectivity index (χ2v) is 8.07. The van der Waals surface area contributed by atoms with Gasteiger partial charge in [0.05, 0.1) is 5.56 Å². The number of halogens is 3. The number of hydrogen-bond donors (Lipinski definition) is 3. The average Bonchev–Trinajstić information content (AvgIpc) is 3.21. The van der Waals surface area contributed by atoms with Crippen molar-refractivity contribution in [2.75, 3.05) is 13.1 Å². The van der Waals surface area contributed by atoms with Crippen LogP contribution in [-0.4, -0.2) is 46.1 Å². The van der Waals surface area contributed by atoms with Gasteiger partial charge in [0.1, 0.15) is 0 Å². The van der Waals surface area contributed by atoms with Gasteiger partial charge in [-0.25, -0.2) is 4.79 Å². The van der Waals surface area contributed by atoms with E-state index < -0.39 is 12.1 Å². The highest BCUT2D eigenvalue weighted by Gasteiger charge is 2.38. The van der Waals surface area contributed by atoms with Crippen LogP contribution in [0.2, 0.25) is 0 Å². The molecule has 0 unspecified atom stereocenters. The van der Waals surface area contributed by atoms with E-state index in [2.05, 4.69) is 48.3 Å². The number of H-pyrrole nitrogens is 1. The first-order valence-electron chi connectivity index (χ1n) is 10.6. The monoisotopic (exact) mass is 461 g/mol. The summed E-state index contributed by atoms with van der Waals surface area (Å²) in [5.41, 5.74) is 11.3. The quantitative estimate of drug-likeness (QED) is 0.531. The molecule has 1 aliphatic heterocycles. The summed E-state index contributed by atoms with van der Waals surface area (Å²) in [7, 11) is 0. The molecule has 33 heavy (non-hydrogen) atoms. The molecule has 1 fully saturated rings. The smallest absolute Gasteiger partial charge is 0.475 e. The molecule has 1 saturated heterocycles. The minimum absolute atomic E-state index is 0.135. The lowest BCUT2D eigenvalue weighted by molar-refractivity contribution is -0.192. The number of nitrogens with two attached hydrogens (primary N) is 1. The number of hydrogen-bond acceptors (Lipinski definition) is 3. The Morgan fingerprint density at radius 1 is 1.15 bits per heavy atom. The average molecular weight is 461 g/mol. The molecular weight excluding hydrogens is 435 g/mol. The fourth-order valence-corrected chi connectivity index (χ4v) is 3.97. The third-order valence-corrected chi connectivity index (χ3v) is 5.75. The van der Waals surface area contributed by atoms with Gasteiger partial charge in [-0.05, 0) is 48.9 Å². The normalized spacial score (nSPS) is 14.6. The number of aliphatic carboxylic acids is 1. The van der Waals surface area contributed by atoms with Gasteiger partial charge in [-0.1, -0.05) is 35.9 Å². The van der Waals surface area contributed by atoms with Crippen LogP contribution in [0.4, 0.5) is 13.2 Å². The number of piperidine rings is 1. The Morgan fingerprint density at radius 2 is 1.82 bits per heavy atom. The largest absolute Gasteiger partial charge is 0.490 e. The molecule has 6 nitrogen and oxygen atoms in total. The molecule has 176 valence electrons. The van der Waals surface area contributed by atoms with Crippen LogP contribution in [0.25, 0.3) is 10.9 Å². The highest BCUT2D eigenvalue weighted by atomic mass is 19.4. The van der Waals surface area contributed by atoms with Gasteiger partial charge in [0.15, 0.2) is 0 Å². The van der Waals surface area contributed by atoms with Crippen molar-refractivity contribution in [2.45, 2.75) is 38.4 Å². The Hall–Kier alpha value is -3.33. The number of carbonyl (C=O) groups is 2. The Labute approximate surface area is 189 Å². The standard InChI is InChI=1S/C22H25N3O.C2HF3O2/c1-15-5-6-21-19(11-15)20(14-24-21)22(26)25-9-7-17(8-10-25)18-4-2-3-16(12-18)13-23;3-2(4,5)1(6)7/h2-6,11-12,14,17,24H,7-10,13,23H2,1H3;(H,6,7). The molecule has 4 N–H and O–H groups in total.